The molecule has 226 valence electrons. The second-order valence-corrected chi connectivity index (χ2v) is 10.7. The van der Waals surface area contributed by atoms with Crippen LogP contribution in [0.15, 0.2) is 51.9 Å². The minimum Gasteiger partial charge on any atom is -0.451 e. The van der Waals surface area contributed by atoms with Crippen molar-refractivity contribution in [1.29, 1.82) is 10.8 Å². The van der Waals surface area contributed by atoms with Crippen molar-refractivity contribution in [2.45, 2.75) is 62.1 Å². The molecule has 0 radical (unpaired) electrons. The van der Waals surface area contributed by atoms with E-state index in [4.69, 9.17) is 15.2 Å². The fourth-order valence-corrected chi connectivity index (χ4v) is 5.00. The molecule has 10 nitrogen and oxygen atoms in total. The van der Waals surface area contributed by atoms with Gasteiger partial charge in [0.15, 0.2) is 5.76 Å². The maximum atomic E-state index is 14.0. The third kappa shape index (κ3) is 6.52. The molecule has 0 bridgehead atoms. The molecule has 1 aromatic heterocycles. The zero-order valence-corrected chi connectivity index (χ0v) is 22.7. The Morgan fingerprint density at radius 3 is 2.30 bits per heavy atom. The Bertz CT molecular complexity index is 1590. The number of nitrogens with zero attached hydrogens (tertiary/aromatic N) is 1. The molecule has 0 atom stereocenters. The van der Waals surface area contributed by atoms with E-state index in [1.54, 1.807) is 24.3 Å². The Hall–Kier alpha value is -4.75. The number of hydrogen-bond acceptors (Lipinski definition) is 6. The third-order valence-electron chi connectivity index (χ3n) is 7.69. The lowest BCUT2D eigenvalue weighted by Crippen LogP contribution is -2.63. The molecular weight excluding hydrogens is 572 g/mol. The van der Waals surface area contributed by atoms with Crippen molar-refractivity contribution < 1.29 is 36.3 Å². The van der Waals surface area contributed by atoms with Crippen LogP contribution in [-0.2, 0) is 4.79 Å². The first-order chi connectivity index (χ1) is 20.5. The average Bonchev–Trinajstić information content (AvgIpc) is 3.61. The van der Waals surface area contributed by atoms with E-state index in [1.165, 1.54) is 18.2 Å². The predicted molar refractivity (Wildman–Crippen MR) is 152 cm³/mol. The quantitative estimate of drug-likeness (QED) is 0.108. The fraction of sp³-hybridized carbons (Fsp3) is 0.345. The molecule has 43 heavy (non-hydrogen) atoms. The minimum absolute atomic E-state index is 0.142. The van der Waals surface area contributed by atoms with Gasteiger partial charge in [-0.05, 0) is 61.1 Å². The molecule has 14 heteroatoms. The van der Waals surface area contributed by atoms with Crippen molar-refractivity contribution in [3.05, 3.63) is 48.2 Å². The number of furan rings is 1. The number of ether oxygens (including phenoxy) is 1. The summed E-state index contributed by atoms with van der Waals surface area (Å²) in [6.07, 6.45) is 2.43. The molecule has 2 fully saturated rings. The standard InChI is InChI=1S/C29H28F4N6O4/c30-26(31)43-22-12-18(3-4-20(22)37-16-36-15-35)17-1-2-19-13-23(42-21(19)11-17)24(40)38-28(7-9-29(32,33)10-8-28)25(41)39-27(14-34)5-6-27/h1-4,11-16,26,34H,5-10H2,(H,38,40)(H,39,41)(H2,35,36,37). The Morgan fingerprint density at radius 2 is 1.65 bits per heavy atom. The van der Waals surface area contributed by atoms with Crippen LogP contribution in [0.3, 0.4) is 0 Å². The highest BCUT2D eigenvalue weighted by Gasteiger charge is 2.52. The molecule has 5 N–H and O–H groups in total. The summed E-state index contributed by atoms with van der Waals surface area (Å²) >= 11 is 0. The number of carbonyl (C=O) groups excluding carboxylic acids is 2. The van der Waals surface area contributed by atoms with Crippen molar-refractivity contribution >= 4 is 47.4 Å². The highest BCUT2D eigenvalue weighted by atomic mass is 19.3. The van der Waals surface area contributed by atoms with Gasteiger partial charge in [-0.25, -0.2) is 13.8 Å². The van der Waals surface area contributed by atoms with Gasteiger partial charge in [-0.2, -0.15) is 8.78 Å². The number of rotatable bonds is 11. The van der Waals surface area contributed by atoms with Crippen LogP contribution in [0.2, 0.25) is 0 Å². The first kappa shape index (κ1) is 29.7. The van der Waals surface area contributed by atoms with Crippen LogP contribution < -0.4 is 20.7 Å². The predicted octanol–water partition coefficient (Wildman–Crippen LogP) is 5.72. The number of benzene rings is 2. The number of alkyl halides is 4. The van der Waals surface area contributed by atoms with Crippen LogP contribution in [-0.4, -0.2) is 54.3 Å². The van der Waals surface area contributed by atoms with Gasteiger partial charge in [0, 0.05) is 24.4 Å². The van der Waals surface area contributed by atoms with Gasteiger partial charge in [0.2, 0.25) is 11.8 Å². The molecule has 2 amide bonds. The number of amides is 2. The summed E-state index contributed by atoms with van der Waals surface area (Å²) in [7, 11) is 0. The summed E-state index contributed by atoms with van der Waals surface area (Å²) in [6.45, 7) is -3.09. The van der Waals surface area contributed by atoms with E-state index >= 15 is 0 Å². The molecule has 0 unspecified atom stereocenters. The smallest absolute Gasteiger partial charge is 0.387 e. The lowest BCUT2D eigenvalue weighted by atomic mass is 9.78. The topological polar surface area (TPSA) is 153 Å². The Labute approximate surface area is 242 Å². The average molecular weight is 601 g/mol. The SMILES string of the molecule is N=C/N=C\Nc1ccc(-c2ccc3cc(C(=O)NC4(C(=O)NC5(C=N)CC5)CCC(F)(F)CC4)oc3c2)cc1OC(F)F. The van der Waals surface area contributed by atoms with Gasteiger partial charge in [-0.3, -0.25) is 15.0 Å². The summed E-state index contributed by atoms with van der Waals surface area (Å²) in [6, 6.07) is 10.9. The highest BCUT2D eigenvalue weighted by Crippen LogP contribution is 2.41. The molecule has 2 saturated carbocycles. The Morgan fingerprint density at radius 1 is 0.953 bits per heavy atom. The maximum absolute atomic E-state index is 14.0. The van der Waals surface area contributed by atoms with Crippen LogP contribution in [0.25, 0.3) is 22.1 Å². The van der Waals surface area contributed by atoms with Crippen LogP contribution >= 0.6 is 0 Å². The van der Waals surface area contributed by atoms with E-state index in [1.807, 2.05) is 0 Å². The second kappa shape index (κ2) is 11.5. The van der Waals surface area contributed by atoms with Crippen molar-refractivity contribution in [2.75, 3.05) is 5.32 Å². The molecule has 0 saturated heterocycles. The van der Waals surface area contributed by atoms with Gasteiger partial charge in [-0.1, -0.05) is 18.2 Å². The molecule has 2 aliphatic carbocycles. The van der Waals surface area contributed by atoms with E-state index in [-0.39, 0.29) is 35.6 Å². The fourth-order valence-electron chi connectivity index (χ4n) is 5.00. The zero-order chi connectivity index (χ0) is 30.8. The summed E-state index contributed by atoms with van der Waals surface area (Å²) in [5.74, 6) is -4.63. The second-order valence-electron chi connectivity index (χ2n) is 10.7. The van der Waals surface area contributed by atoms with Gasteiger partial charge in [0.1, 0.15) is 23.2 Å². The lowest BCUT2D eigenvalue weighted by molar-refractivity contribution is -0.133. The number of carbonyl (C=O) groups is 2. The Kier molecular flexibility index (Phi) is 7.95. The van der Waals surface area contributed by atoms with Crippen molar-refractivity contribution in [2.24, 2.45) is 4.99 Å². The van der Waals surface area contributed by atoms with Gasteiger partial charge in [0.05, 0.1) is 17.6 Å². The molecule has 0 aliphatic heterocycles. The molecule has 3 aromatic rings. The normalized spacial score (nSPS) is 18.3. The Balaban J connectivity index is 1.39. The van der Waals surface area contributed by atoms with E-state index in [0.29, 0.717) is 29.4 Å². The van der Waals surface area contributed by atoms with E-state index in [9.17, 15) is 27.2 Å². The number of halogens is 4. The summed E-state index contributed by atoms with van der Waals surface area (Å²) < 4.78 is 64.6. The number of fused-ring (bicyclic) bond motifs is 1. The maximum Gasteiger partial charge on any atom is 0.387 e. The molecule has 2 aromatic carbocycles. The van der Waals surface area contributed by atoms with Gasteiger partial charge >= 0.3 is 6.61 Å². The van der Waals surface area contributed by atoms with Crippen LogP contribution in [0.5, 0.6) is 5.75 Å². The van der Waals surface area contributed by atoms with Crippen LogP contribution in [0, 0.1) is 10.8 Å². The summed E-state index contributed by atoms with van der Waals surface area (Å²) in [5, 5.41) is 23.1. The van der Waals surface area contributed by atoms with Crippen molar-refractivity contribution in [1.82, 2.24) is 10.6 Å². The van der Waals surface area contributed by atoms with Crippen molar-refractivity contribution in [3.63, 3.8) is 0 Å². The first-order valence-corrected chi connectivity index (χ1v) is 13.4. The molecule has 0 spiro atoms. The van der Waals surface area contributed by atoms with Gasteiger partial charge < -0.3 is 30.5 Å². The summed E-state index contributed by atoms with van der Waals surface area (Å²) in [4.78, 5) is 30.2. The van der Waals surface area contributed by atoms with E-state index < -0.39 is 48.3 Å². The molecule has 5 rings (SSSR count). The lowest BCUT2D eigenvalue weighted by Gasteiger charge is -2.39. The van der Waals surface area contributed by atoms with Gasteiger partial charge in [-0.15, -0.1) is 0 Å². The summed E-state index contributed by atoms with van der Waals surface area (Å²) in [5.41, 5.74) is -0.879. The molecule has 2 aliphatic rings. The highest BCUT2D eigenvalue weighted by molar-refractivity contribution is 6.01. The van der Waals surface area contributed by atoms with Crippen LogP contribution in [0.4, 0.5) is 23.2 Å². The minimum atomic E-state index is -3.09. The van der Waals surface area contributed by atoms with Gasteiger partial charge in [0.25, 0.3) is 5.91 Å². The monoisotopic (exact) mass is 600 g/mol. The number of nitrogens with one attached hydrogen (secondary N) is 5. The first-order valence-electron chi connectivity index (χ1n) is 13.4. The van der Waals surface area contributed by atoms with E-state index in [2.05, 4.69) is 25.7 Å². The van der Waals surface area contributed by atoms with Crippen molar-refractivity contribution in [3.8, 4) is 16.9 Å². The van der Waals surface area contributed by atoms with E-state index in [0.717, 1.165) is 18.9 Å². The number of anilines is 1. The number of aliphatic imine (C=N–C) groups is 1. The zero-order valence-electron chi connectivity index (χ0n) is 22.7. The number of hydrogen-bond donors (Lipinski definition) is 5. The molecular formula is C29H28F4N6O4. The third-order valence-corrected chi connectivity index (χ3v) is 7.69. The van der Waals surface area contributed by atoms with Crippen LogP contribution in [0.1, 0.15) is 49.1 Å². The largest absolute Gasteiger partial charge is 0.451 e. The molecule has 1 heterocycles.